The lowest BCUT2D eigenvalue weighted by atomic mass is 9.92. The molecule has 0 aliphatic rings. The summed E-state index contributed by atoms with van der Waals surface area (Å²) < 4.78 is 6.88. The molecule has 2 aromatic heterocycles. The Labute approximate surface area is 352 Å². The van der Waals surface area contributed by atoms with Crippen LogP contribution in [0.15, 0.2) is 217 Å². The van der Waals surface area contributed by atoms with Crippen molar-refractivity contribution < 1.29 is 4.42 Å². The highest BCUT2D eigenvalue weighted by Gasteiger charge is 2.21. The third-order valence-corrected chi connectivity index (χ3v) is 11.9. The Bertz CT molecular complexity index is 3630. The molecule has 0 aliphatic heterocycles. The molecule has 284 valence electrons. The molecule has 0 amide bonds. The van der Waals surface area contributed by atoms with Crippen LogP contribution < -0.4 is 0 Å². The lowest BCUT2D eigenvalue weighted by molar-refractivity contribution is 0.670. The summed E-state index contributed by atoms with van der Waals surface area (Å²) in [5.41, 5.74) is 11.1. The third-order valence-electron chi connectivity index (χ3n) is 11.9. The van der Waals surface area contributed by atoms with Crippen molar-refractivity contribution in [3.05, 3.63) is 212 Å². The van der Waals surface area contributed by atoms with Crippen molar-refractivity contribution in [3.63, 3.8) is 0 Å². The molecule has 10 aromatic carbocycles. The van der Waals surface area contributed by atoms with Gasteiger partial charge in [0.2, 0.25) is 0 Å². The van der Waals surface area contributed by atoms with Gasteiger partial charge in [-0.2, -0.15) is 0 Å². The summed E-state index contributed by atoms with van der Waals surface area (Å²) in [7, 11) is 0. The van der Waals surface area contributed by atoms with Crippen LogP contribution in [0, 0.1) is 0 Å². The molecular weight excluding hydrogens is 743 g/mol. The molecule has 0 unspecified atom stereocenters. The molecule has 0 saturated heterocycles. The normalized spacial score (nSPS) is 11.6. The lowest BCUT2D eigenvalue weighted by Gasteiger charge is -2.13. The van der Waals surface area contributed by atoms with E-state index < -0.39 is 0 Å². The van der Waals surface area contributed by atoms with Gasteiger partial charge in [-0.25, -0.2) is 15.0 Å². The van der Waals surface area contributed by atoms with Crippen molar-refractivity contribution >= 4 is 54.3 Å². The van der Waals surface area contributed by atoms with Crippen molar-refractivity contribution in [3.8, 4) is 67.5 Å². The minimum Gasteiger partial charge on any atom is -0.455 e. The van der Waals surface area contributed by atoms with Crippen LogP contribution in [-0.2, 0) is 0 Å². The largest absolute Gasteiger partial charge is 0.455 e. The highest BCUT2D eigenvalue weighted by Crippen LogP contribution is 2.43. The Morgan fingerprint density at radius 1 is 0.279 bits per heavy atom. The van der Waals surface area contributed by atoms with Crippen LogP contribution in [0.25, 0.3) is 122 Å². The minimum atomic E-state index is 0.583. The molecule has 0 aliphatic carbocycles. The van der Waals surface area contributed by atoms with E-state index in [4.69, 9.17) is 19.4 Å². The second-order valence-electron chi connectivity index (χ2n) is 15.5. The van der Waals surface area contributed by atoms with Crippen molar-refractivity contribution in [2.24, 2.45) is 0 Å². The monoisotopic (exact) mass is 777 g/mol. The van der Waals surface area contributed by atoms with E-state index in [1.807, 2.05) is 18.2 Å². The van der Waals surface area contributed by atoms with Gasteiger partial charge in [0, 0.05) is 33.0 Å². The molecule has 0 atom stereocenters. The minimum absolute atomic E-state index is 0.583. The van der Waals surface area contributed by atoms with Gasteiger partial charge in [-0.05, 0) is 84.4 Å². The first-order valence-electron chi connectivity index (χ1n) is 20.6. The molecule has 4 nitrogen and oxygen atoms in total. The number of para-hydroxylation sites is 1. The van der Waals surface area contributed by atoms with Gasteiger partial charge in [-0.15, -0.1) is 0 Å². The number of hydrogen-bond donors (Lipinski definition) is 0. The van der Waals surface area contributed by atoms with Crippen molar-refractivity contribution in [1.82, 2.24) is 15.0 Å². The van der Waals surface area contributed by atoms with Gasteiger partial charge < -0.3 is 4.42 Å². The number of aromatic nitrogens is 3. The van der Waals surface area contributed by atoms with E-state index >= 15 is 0 Å². The van der Waals surface area contributed by atoms with Crippen molar-refractivity contribution in [1.29, 1.82) is 0 Å². The van der Waals surface area contributed by atoms with Crippen LogP contribution in [0.5, 0.6) is 0 Å². The molecule has 0 bridgehead atoms. The standard InChI is InChI=1S/C57H35N3O/c1-3-15-36(16-4-1)37-29-31-39(32-30-37)55-58-56(60-57(59-55)51-34-41-20-8-9-21-43(41)46-23-11-12-24-47(46)51)49-27-14-28-52-53(49)48-26-13-25-45(54(48)61-52)42-33-40-19-7-10-22-44(40)50(35-42)38-17-5-2-6-18-38/h1-35H. The molecule has 4 heteroatoms. The number of furan rings is 1. The molecule has 61 heavy (non-hydrogen) atoms. The maximum Gasteiger partial charge on any atom is 0.164 e. The average Bonchev–Trinajstić information content (AvgIpc) is 3.73. The number of hydrogen-bond acceptors (Lipinski definition) is 4. The summed E-state index contributed by atoms with van der Waals surface area (Å²) in [5.74, 6) is 1.80. The van der Waals surface area contributed by atoms with Crippen LogP contribution in [0.2, 0.25) is 0 Å². The van der Waals surface area contributed by atoms with Crippen LogP contribution in [0.1, 0.15) is 0 Å². The zero-order valence-corrected chi connectivity index (χ0v) is 33.0. The molecule has 12 rings (SSSR count). The number of rotatable bonds is 6. The summed E-state index contributed by atoms with van der Waals surface area (Å²) >= 11 is 0. The fourth-order valence-electron chi connectivity index (χ4n) is 9.01. The summed E-state index contributed by atoms with van der Waals surface area (Å²) in [6.07, 6.45) is 0. The Kier molecular flexibility index (Phi) is 8.13. The van der Waals surface area contributed by atoms with Crippen LogP contribution in [0.3, 0.4) is 0 Å². The van der Waals surface area contributed by atoms with E-state index in [1.54, 1.807) is 0 Å². The first kappa shape index (κ1) is 34.8. The van der Waals surface area contributed by atoms with Gasteiger partial charge in [-0.3, -0.25) is 0 Å². The van der Waals surface area contributed by atoms with Gasteiger partial charge in [0.25, 0.3) is 0 Å². The zero-order chi connectivity index (χ0) is 40.3. The van der Waals surface area contributed by atoms with E-state index in [-0.39, 0.29) is 0 Å². The molecular formula is C57H35N3O. The molecule has 0 fully saturated rings. The van der Waals surface area contributed by atoms with Crippen molar-refractivity contribution in [2.75, 3.05) is 0 Å². The van der Waals surface area contributed by atoms with Gasteiger partial charge in [0.05, 0.1) is 0 Å². The molecule has 2 heterocycles. The molecule has 0 radical (unpaired) electrons. The first-order valence-corrected chi connectivity index (χ1v) is 20.6. The summed E-state index contributed by atoms with van der Waals surface area (Å²) in [6.45, 7) is 0. The number of nitrogens with zero attached hydrogens (tertiary/aromatic N) is 3. The van der Waals surface area contributed by atoms with E-state index in [9.17, 15) is 0 Å². The van der Waals surface area contributed by atoms with Crippen LogP contribution >= 0.6 is 0 Å². The smallest absolute Gasteiger partial charge is 0.164 e. The van der Waals surface area contributed by atoms with Gasteiger partial charge in [-0.1, -0.05) is 188 Å². The summed E-state index contributed by atoms with van der Waals surface area (Å²) in [5, 5.41) is 8.94. The zero-order valence-electron chi connectivity index (χ0n) is 33.0. The van der Waals surface area contributed by atoms with Gasteiger partial charge >= 0.3 is 0 Å². The second-order valence-corrected chi connectivity index (χ2v) is 15.5. The Balaban J connectivity index is 1.08. The highest BCUT2D eigenvalue weighted by molar-refractivity contribution is 6.16. The maximum atomic E-state index is 6.88. The van der Waals surface area contributed by atoms with Crippen LogP contribution in [0.4, 0.5) is 0 Å². The third kappa shape index (κ3) is 5.96. The predicted octanol–water partition coefficient (Wildman–Crippen LogP) is 15.2. The Morgan fingerprint density at radius 2 is 0.820 bits per heavy atom. The topological polar surface area (TPSA) is 51.8 Å². The predicted molar refractivity (Wildman–Crippen MR) is 252 cm³/mol. The summed E-state index contributed by atoms with van der Waals surface area (Å²) in [4.78, 5) is 15.9. The van der Waals surface area contributed by atoms with Crippen LogP contribution in [-0.4, -0.2) is 15.0 Å². The fourth-order valence-corrected chi connectivity index (χ4v) is 9.01. The van der Waals surface area contributed by atoms with E-state index in [2.05, 4.69) is 194 Å². The number of fused-ring (bicyclic) bond motifs is 7. The average molecular weight is 778 g/mol. The van der Waals surface area contributed by atoms with E-state index in [0.717, 1.165) is 77.0 Å². The van der Waals surface area contributed by atoms with E-state index in [0.29, 0.717) is 17.5 Å². The van der Waals surface area contributed by atoms with Gasteiger partial charge in [0.1, 0.15) is 11.2 Å². The molecule has 0 saturated carbocycles. The number of benzene rings is 10. The summed E-state index contributed by atoms with van der Waals surface area (Å²) in [6, 6.07) is 74.5. The lowest BCUT2D eigenvalue weighted by Crippen LogP contribution is -2.01. The van der Waals surface area contributed by atoms with Crippen molar-refractivity contribution in [2.45, 2.75) is 0 Å². The Hall–Kier alpha value is -8.21. The maximum absolute atomic E-state index is 6.88. The fraction of sp³-hybridized carbons (Fsp3) is 0. The molecule has 12 aromatic rings. The molecule has 0 spiro atoms. The van der Waals surface area contributed by atoms with E-state index in [1.165, 1.54) is 27.3 Å². The second kappa shape index (κ2) is 14.3. The van der Waals surface area contributed by atoms with Gasteiger partial charge in [0.15, 0.2) is 17.5 Å². The quantitative estimate of drug-likeness (QED) is 0.158. The highest BCUT2D eigenvalue weighted by atomic mass is 16.3. The Morgan fingerprint density at radius 3 is 1.59 bits per heavy atom. The first-order chi connectivity index (χ1) is 30.2. The SMILES string of the molecule is c1ccc(-c2ccc(-c3nc(-c4cc5ccccc5c5ccccc45)nc(-c4cccc5oc6c(-c7cc(-c8ccccc8)c8ccccc8c7)cccc6c45)n3)cc2)cc1. The molecule has 0 N–H and O–H groups in total.